The number of hydrogen-bond donors (Lipinski definition) is 1. The number of carboxylic acids is 1. The Morgan fingerprint density at radius 2 is 2.00 bits per heavy atom. The standard InChI is InChI=1S/C21H32N2O4/c1-5-6-10-18-15-22(11-12-23(18)20(26)27-21(2,3)4)14-16-8-7-9-17(13-16)19(24)25/h7-9,13,18H,5-6,10-12,14-15H2,1-4H3,(H,24,25)/t18-/m1/s1. The van der Waals surface area contributed by atoms with Crippen LogP contribution < -0.4 is 0 Å². The van der Waals surface area contributed by atoms with E-state index in [4.69, 9.17) is 4.74 Å². The Hall–Kier alpha value is -2.08. The number of benzene rings is 1. The fourth-order valence-corrected chi connectivity index (χ4v) is 3.37. The topological polar surface area (TPSA) is 70.1 Å². The number of piperazine rings is 1. The quantitative estimate of drug-likeness (QED) is 0.813. The lowest BCUT2D eigenvalue weighted by atomic mass is 10.0. The molecule has 1 aromatic carbocycles. The van der Waals surface area contributed by atoms with E-state index in [0.717, 1.165) is 37.9 Å². The van der Waals surface area contributed by atoms with Crippen LogP contribution in [0.2, 0.25) is 0 Å². The van der Waals surface area contributed by atoms with Crippen LogP contribution in [0, 0.1) is 0 Å². The fourth-order valence-electron chi connectivity index (χ4n) is 3.37. The van der Waals surface area contributed by atoms with Gasteiger partial charge in [0.2, 0.25) is 0 Å². The van der Waals surface area contributed by atoms with Crippen LogP contribution in [0.15, 0.2) is 24.3 Å². The van der Waals surface area contributed by atoms with E-state index < -0.39 is 11.6 Å². The van der Waals surface area contributed by atoms with E-state index in [-0.39, 0.29) is 12.1 Å². The van der Waals surface area contributed by atoms with Crippen LogP contribution in [-0.4, -0.2) is 58.2 Å². The predicted molar refractivity (Wildman–Crippen MR) is 105 cm³/mol. The van der Waals surface area contributed by atoms with Crippen molar-refractivity contribution in [1.29, 1.82) is 0 Å². The molecular formula is C21H32N2O4. The normalized spacial score (nSPS) is 18.4. The summed E-state index contributed by atoms with van der Waals surface area (Å²) in [6.45, 7) is 10.6. The number of rotatable bonds is 6. The van der Waals surface area contributed by atoms with Crippen LogP contribution in [0.4, 0.5) is 4.79 Å². The minimum Gasteiger partial charge on any atom is -0.478 e. The highest BCUT2D eigenvalue weighted by Crippen LogP contribution is 2.21. The van der Waals surface area contributed by atoms with E-state index in [0.29, 0.717) is 18.7 Å². The second-order valence-electron chi connectivity index (χ2n) is 8.21. The van der Waals surface area contributed by atoms with Crippen LogP contribution in [-0.2, 0) is 11.3 Å². The number of unbranched alkanes of at least 4 members (excludes halogenated alkanes) is 1. The lowest BCUT2D eigenvalue weighted by Gasteiger charge is -2.42. The SMILES string of the molecule is CCCC[C@@H]1CN(Cc2cccc(C(=O)O)c2)CCN1C(=O)OC(C)(C)C. The second kappa shape index (κ2) is 9.22. The maximum absolute atomic E-state index is 12.6. The fraction of sp³-hybridized carbons (Fsp3) is 0.619. The Morgan fingerprint density at radius 1 is 1.26 bits per heavy atom. The largest absolute Gasteiger partial charge is 0.478 e. The zero-order chi connectivity index (χ0) is 20.0. The van der Waals surface area contributed by atoms with Gasteiger partial charge < -0.3 is 14.7 Å². The molecule has 0 aliphatic carbocycles. The lowest BCUT2D eigenvalue weighted by Crippen LogP contribution is -2.55. The molecule has 0 saturated carbocycles. The van der Waals surface area contributed by atoms with E-state index in [1.807, 2.05) is 31.7 Å². The molecule has 1 aromatic rings. The highest BCUT2D eigenvalue weighted by molar-refractivity contribution is 5.87. The molecule has 1 N–H and O–H groups in total. The van der Waals surface area contributed by atoms with Crippen molar-refractivity contribution in [3.63, 3.8) is 0 Å². The molecule has 150 valence electrons. The number of nitrogens with zero attached hydrogens (tertiary/aromatic N) is 2. The van der Waals surface area contributed by atoms with Gasteiger partial charge in [0.15, 0.2) is 0 Å². The minimum atomic E-state index is -0.910. The van der Waals surface area contributed by atoms with E-state index >= 15 is 0 Å². The first-order valence-electron chi connectivity index (χ1n) is 9.74. The third-order valence-corrected chi connectivity index (χ3v) is 4.67. The Bertz CT molecular complexity index is 654. The lowest BCUT2D eigenvalue weighted by molar-refractivity contribution is -0.00412. The molecule has 0 radical (unpaired) electrons. The summed E-state index contributed by atoms with van der Waals surface area (Å²) in [7, 11) is 0. The average molecular weight is 376 g/mol. The van der Waals surface area contributed by atoms with Gasteiger partial charge in [0.05, 0.1) is 5.56 Å². The molecule has 1 aliphatic heterocycles. The Balaban J connectivity index is 2.05. The van der Waals surface area contributed by atoms with E-state index in [2.05, 4.69) is 11.8 Å². The average Bonchev–Trinajstić information content (AvgIpc) is 2.58. The molecule has 0 unspecified atom stereocenters. The molecule has 0 bridgehead atoms. The second-order valence-corrected chi connectivity index (χ2v) is 8.21. The molecule has 1 heterocycles. The van der Waals surface area contributed by atoms with Crippen LogP contribution >= 0.6 is 0 Å². The third kappa shape index (κ3) is 6.54. The van der Waals surface area contributed by atoms with Gasteiger partial charge in [-0.05, 0) is 44.9 Å². The molecule has 1 atom stereocenters. The van der Waals surface area contributed by atoms with E-state index in [1.165, 1.54) is 0 Å². The summed E-state index contributed by atoms with van der Waals surface area (Å²) in [6.07, 6.45) is 2.85. The van der Waals surface area contributed by atoms with Crippen molar-refractivity contribution in [2.24, 2.45) is 0 Å². The first-order chi connectivity index (χ1) is 12.7. The molecule has 0 aromatic heterocycles. The van der Waals surface area contributed by atoms with Gasteiger partial charge in [0, 0.05) is 32.2 Å². The van der Waals surface area contributed by atoms with Gasteiger partial charge in [-0.1, -0.05) is 31.9 Å². The number of carbonyl (C=O) groups is 2. The Morgan fingerprint density at radius 3 is 2.63 bits per heavy atom. The zero-order valence-electron chi connectivity index (χ0n) is 16.9. The molecule has 1 fully saturated rings. The van der Waals surface area contributed by atoms with Gasteiger partial charge in [-0.2, -0.15) is 0 Å². The molecule has 6 nitrogen and oxygen atoms in total. The number of ether oxygens (including phenoxy) is 1. The smallest absolute Gasteiger partial charge is 0.410 e. The van der Waals surface area contributed by atoms with Gasteiger partial charge in [-0.25, -0.2) is 9.59 Å². The number of carboxylic acid groups (broad SMARTS) is 1. The van der Waals surface area contributed by atoms with Crippen molar-refractivity contribution < 1.29 is 19.4 Å². The maximum atomic E-state index is 12.6. The van der Waals surface area contributed by atoms with Gasteiger partial charge in [-0.3, -0.25) is 4.90 Å². The summed E-state index contributed by atoms with van der Waals surface area (Å²) in [5, 5.41) is 9.17. The van der Waals surface area contributed by atoms with Gasteiger partial charge >= 0.3 is 12.1 Å². The minimum absolute atomic E-state index is 0.121. The van der Waals surface area contributed by atoms with Crippen LogP contribution in [0.3, 0.4) is 0 Å². The molecule has 27 heavy (non-hydrogen) atoms. The molecule has 1 saturated heterocycles. The molecule has 1 amide bonds. The maximum Gasteiger partial charge on any atom is 0.410 e. The highest BCUT2D eigenvalue weighted by Gasteiger charge is 2.32. The first-order valence-corrected chi connectivity index (χ1v) is 9.74. The van der Waals surface area contributed by atoms with E-state index in [1.54, 1.807) is 18.2 Å². The molecule has 2 rings (SSSR count). The van der Waals surface area contributed by atoms with Crippen LogP contribution in [0.25, 0.3) is 0 Å². The summed E-state index contributed by atoms with van der Waals surface area (Å²) < 4.78 is 5.59. The van der Waals surface area contributed by atoms with Crippen molar-refractivity contribution in [3.05, 3.63) is 35.4 Å². The summed E-state index contributed by atoms with van der Waals surface area (Å²) in [4.78, 5) is 27.9. The van der Waals surface area contributed by atoms with Crippen molar-refractivity contribution >= 4 is 12.1 Å². The monoisotopic (exact) mass is 376 g/mol. The van der Waals surface area contributed by atoms with Gasteiger partial charge in [-0.15, -0.1) is 0 Å². The van der Waals surface area contributed by atoms with Crippen molar-refractivity contribution in [3.8, 4) is 0 Å². The Kier molecular flexibility index (Phi) is 7.25. The first kappa shape index (κ1) is 21.2. The summed E-state index contributed by atoms with van der Waals surface area (Å²) >= 11 is 0. The molecular weight excluding hydrogens is 344 g/mol. The zero-order valence-corrected chi connectivity index (χ0v) is 16.9. The summed E-state index contributed by atoms with van der Waals surface area (Å²) in [5.74, 6) is -0.910. The van der Waals surface area contributed by atoms with Gasteiger partial charge in [0.25, 0.3) is 0 Å². The van der Waals surface area contributed by atoms with Crippen molar-refractivity contribution in [2.45, 2.75) is 65.1 Å². The van der Waals surface area contributed by atoms with Crippen LogP contribution in [0.1, 0.15) is 62.9 Å². The van der Waals surface area contributed by atoms with Gasteiger partial charge in [0.1, 0.15) is 5.60 Å². The summed E-state index contributed by atoms with van der Waals surface area (Å²) in [6, 6.07) is 7.19. The van der Waals surface area contributed by atoms with E-state index in [9.17, 15) is 14.7 Å². The van der Waals surface area contributed by atoms with Crippen molar-refractivity contribution in [1.82, 2.24) is 9.80 Å². The van der Waals surface area contributed by atoms with Crippen molar-refractivity contribution in [2.75, 3.05) is 19.6 Å². The highest BCUT2D eigenvalue weighted by atomic mass is 16.6. The molecule has 1 aliphatic rings. The third-order valence-electron chi connectivity index (χ3n) is 4.67. The molecule has 6 heteroatoms. The molecule has 0 spiro atoms. The van der Waals surface area contributed by atoms with Crippen LogP contribution in [0.5, 0.6) is 0 Å². The number of amides is 1. The Labute approximate surface area is 162 Å². The number of aromatic carboxylic acids is 1. The summed E-state index contributed by atoms with van der Waals surface area (Å²) in [5.41, 5.74) is 0.790. The predicted octanol–water partition coefficient (Wildman–Crippen LogP) is 4.00. The number of hydrogen-bond acceptors (Lipinski definition) is 4. The number of carbonyl (C=O) groups excluding carboxylic acids is 1.